The third kappa shape index (κ3) is 75.3. The monoisotopic (exact) mass is 1490 g/mol. The zero-order valence-electron chi connectivity index (χ0n) is 65.6. The second-order valence-corrected chi connectivity index (χ2v) is 31.4. The van der Waals surface area contributed by atoms with Crippen LogP contribution in [0.2, 0.25) is 0 Å². The van der Waals surface area contributed by atoms with Crippen LogP contribution in [0.1, 0.15) is 400 Å². The van der Waals surface area contributed by atoms with Crippen LogP contribution in [0, 0.1) is 0 Å². The van der Waals surface area contributed by atoms with Gasteiger partial charge in [-0.15, -0.1) is 0 Å². The molecule has 19 heteroatoms. The Kier molecular flexibility index (Phi) is 74.0. The van der Waals surface area contributed by atoms with Crippen molar-refractivity contribution in [2.75, 3.05) is 39.6 Å². The fourth-order valence-corrected chi connectivity index (χ4v) is 13.5. The topological polar surface area (TPSA) is 237 Å². The molecule has 0 saturated carbocycles. The lowest BCUT2D eigenvalue weighted by Crippen LogP contribution is -2.30. The Morgan fingerprint density at radius 3 is 0.775 bits per heavy atom. The molecule has 0 amide bonds. The van der Waals surface area contributed by atoms with Gasteiger partial charge in [0, 0.05) is 25.7 Å². The standard InChI is InChI=1S/C83H154O17P2/c1-5-9-13-17-21-25-29-33-36-38-41-45-48-52-56-60-64-68-81(86)94-73-78(99-82(87)69-65-61-57-53-49-43-32-28-24-20-16-12-8-4)75-97-101(89,90)95-71-77(84)72-96-102(91,92)98-76-79(74-93-80(85)67-63-59-55-51-47-44-40-35-31-27-23-19-15-11-7-3)100-83(88)70-66-62-58-54-50-46-42-39-37-34-30-26-22-18-14-10-6-2/h21,25,33,36,41,45,52,56,77-79,84H,5-20,22-24,26-32,34-35,37-40,42-44,46-51,53-55,57-76H2,1-4H3,(H,89,90)(H,91,92)/b25-21-,36-33-,45-41-,56-52-/t77-,78-,79-/m1/s1. The van der Waals surface area contributed by atoms with E-state index in [0.717, 1.165) is 96.3 Å². The second kappa shape index (κ2) is 76.2. The van der Waals surface area contributed by atoms with Crippen molar-refractivity contribution < 1.29 is 80.2 Å². The molecule has 17 nitrogen and oxygen atoms in total. The number of aliphatic hydroxyl groups is 1. The molecule has 0 aromatic carbocycles. The number of allylic oxidation sites excluding steroid dienone is 8. The van der Waals surface area contributed by atoms with Crippen molar-refractivity contribution in [2.45, 2.75) is 418 Å². The molecule has 0 bridgehead atoms. The molecule has 0 aromatic heterocycles. The summed E-state index contributed by atoms with van der Waals surface area (Å²) in [6, 6.07) is 0. The van der Waals surface area contributed by atoms with Crippen molar-refractivity contribution in [2.24, 2.45) is 0 Å². The van der Waals surface area contributed by atoms with Gasteiger partial charge in [-0.2, -0.15) is 0 Å². The third-order valence-corrected chi connectivity index (χ3v) is 20.2. The molecule has 0 heterocycles. The Labute approximate surface area is 623 Å². The molecule has 2 unspecified atom stereocenters. The van der Waals surface area contributed by atoms with Gasteiger partial charge in [-0.1, -0.05) is 359 Å². The summed E-state index contributed by atoms with van der Waals surface area (Å²) in [4.78, 5) is 73.1. The highest BCUT2D eigenvalue weighted by Gasteiger charge is 2.30. The molecule has 0 rings (SSSR count). The summed E-state index contributed by atoms with van der Waals surface area (Å²) in [5.41, 5.74) is 0. The summed E-state index contributed by atoms with van der Waals surface area (Å²) < 4.78 is 68.7. The van der Waals surface area contributed by atoms with Gasteiger partial charge in [-0.25, -0.2) is 9.13 Å². The molecular formula is C83H154O17P2. The first-order valence-electron chi connectivity index (χ1n) is 41.9. The number of phosphoric acid groups is 2. The van der Waals surface area contributed by atoms with Gasteiger partial charge in [-0.05, 0) is 64.2 Å². The Balaban J connectivity index is 5.34. The molecule has 0 aromatic rings. The Morgan fingerprint density at radius 1 is 0.275 bits per heavy atom. The number of aliphatic hydroxyl groups excluding tert-OH is 1. The largest absolute Gasteiger partial charge is 0.472 e. The van der Waals surface area contributed by atoms with Crippen LogP contribution >= 0.6 is 15.6 Å². The van der Waals surface area contributed by atoms with Crippen molar-refractivity contribution >= 4 is 39.5 Å². The molecule has 0 aliphatic heterocycles. The maximum Gasteiger partial charge on any atom is 0.472 e. The number of esters is 4. The Bertz CT molecular complexity index is 2120. The molecule has 5 atom stereocenters. The first-order chi connectivity index (χ1) is 49.7. The van der Waals surface area contributed by atoms with Crippen molar-refractivity contribution in [3.63, 3.8) is 0 Å². The fourth-order valence-electron chi connectivity index (χ4n) is 11.9. The van der Waals surface area contributed by atoms with Crippen molar-refractivity contribution in [3.05, 3.63) is 48.6 Å². The Morgan fingerprint density at radius 2 is 0.490 bits per heavy atom. The molecule has 0 fully saturated rings. The number of hydrogen-bond donors (Lipinski definition) is 3. The highest BCUT2D eigenvalue weighted by atomic mass is 31.2. The van der Waals surface area contributed by atoms with Gasteiger partial charge in [0.2, 0.25) is 0 Å². The van der Waals surface area contributed by atoms with E-state index in [9.17, 15) is 43.2 Å². The van der Waals surface area contributed by atoms with Crippen molar-refractivity contribution in [1.29, 1.82) is 0 Å². The minimum atomic E-state index is -4.98. The van der Waals surface area contributed by atoms with Crippen LogP contribution in [-0.2, 0) is 65.4 Å². The number of phosphoric ester groups is 2. The summed E-state index contributed by atoms with van der Waals surface area (Å²) in [6.45, 7) is 4.90. The van der Waals surface area contributed by atoms with Gasteiger partial charge >= 0.3 is 39.5 Å². The van der Waals surface area contributed by atoms with Gasteiger partial charge in [-0.3, -0.25) is 37.3 Å². The smallest absolute Gasteiger partial charge is 0.462 e. The Hall–Kier alpha value is -2.98. The predicted molar refractivity (Wildman–Crippen MR) is 418 cm³/mol. The highest BCUT2D eigenvalue weighted by Crippen LogP contribution is 2.45. The van der Waals surface area contributed by atoms with Crippen molar-refractivity contribution in [3.8, 4) is 0 Å². The van der Waals surface area contributed by atoms with Crippen LogP contribution < -0.4 is 0 Å². The zero-order chi connectivity index (χ0) is 74.6. The minimum Gasteiger partial charge on any atom is -0.462 e. The van der Waals surface area contributed by atoms with E-state index in [2.05, 4.69) is 64.2 Å². The summed E-state index contributed by atoms with van der Waals surface area (Å²) in [5.74, 6) is -2.19. The average molecular weight is 1490 g/mol. The van der Waals surface area contributed by atoms with Crippen LogP contribution in [0.3, 0.4) is 0 Å². The third-order valence-electron chi connectivity index (χ3n) is 18.3. The molecule has 0 spiro atoms. The lowest BCUT2D eigenvalue weighted by molar-refractivity contribution is -0.161. The average Bonchev–Trinajstić information content (AvgIpc) is 0.909. The van der Waals surface area contributed by atoms with Gasteiger partial charge in [0.1, 0.15) is 19.3 Å². The maximum absolute atomic E-state index is 13.1. The van der Waals surface area contributed by atoms with E-state index < -0.39 is 97.5 Å². The first kappa shape index (κ1) is 99.0. The van der Waals surface area contributed by atoms with E-state index in [4.69, 9.17) is 37.0 Å². The lowest BCUT2D eigenvalue weighted by Gasteiger charge is -2.21. The van der Waals surface area contributed by atoms with Crippen LogP contribution in [0.25, 0.3) is 0 Å². The number of ether oxygens (including phenoxy) is 4. The highest BCUT2D eigenvalue weighted by molar-refractivity contribution is 7.47. The summed E-state index contributed by atoms with van der Waals surface area (Å²) in [5, 5.41) is 10.6. The summed E-state index contributed by atoms with van der Waals surface area (Å²) >= 11 is 0. The van der Waals surface area contributed by atoms with Gasteiger partial charge < -0.3 is 33.8 Å². The van der Waals surface area contributed by atoms with Gasteiger partial charge in [0.05, 0.1) is 26.4 Å². The molecule has 0 aliphatic carbocycles. The molecule has 598 valence electrons. The first-order valence-corrected chi connectivity index (χ1v) is 44.9. The number of rotatable bonds is 80. The molecule has 0 aliphatic rings. The number of carbonyl (C=O) groups is 4. The summed E-state index contributed by atoms with van der Waals surface area (Å²) in [6.07, 6.45) is 75.1. The maximum atomic E-state index is 13.1. The van der Waals surface area contributed by atoms with E-state index in [1.807, 2.05) is 12.2 Å². The van der Waals surface area contributed by atoms with E-state index in [1.165, 1.54) is 218 Å². The molecule has 0 radical (unpaired) electrons. The van der Waals surface area contributed by atoms with Crippen molar-refractivity contribution in [1.82, 2.24) is 0 Å². The number of unbranched alkanes of at least 4 members (excludes halogenated alkanes) is 46. The molecule has 102 heavy (non-hydrogen) atoms. The molecule has 0 saturated heterocycles. The predicted octanol–water partition coefficient (Wildman–Crippen LogP) is 24.5. The second-order valence-electron chi connectivity index (χ2n) is 28.4. The number of hydrogen-bond acceptors (Lipinski definition) is 15. The normalized spacial score (nSPS) is 14.1. The van der Waals surface area contributed by atoms with E-state index in [-0.39, 0.29) is 25.7 Å². The van der Waals surface area contributed by atoms with Crippen LogP contribution in [-0.4, -0.2) is 96.7 Å². The van der Waals surface area contributed by atoms with Gasteiger partial charge in [0.25, 0.3) is 0 Å². The van der Waals surface area contributed by atoms with Crippen LogP contribution in [0.4, 0.5) is 0 Å². The van der Waals surface area contributed by atoms with Gasteiger partial charge in [0.15, 0.2) is 12.2 Å². The van der Waals surface area contributed by atoms with E-state index in [1.54, 1.807) is 0 Å². The minimum absolute atomic E-state index is 0.0910. The molecule has 3 N–H and O–H groups in total. The fraction of sp³-hybridized carbons (Fsp3) is 0.855. The van der Waals surface area contributed by atoms with Crippen LogP contribution in [0.15, 0.2) is 48.6 Å². The van der Waals surface area contributed by atoms with E-state index >= 15 is 0 Å². The van der Waals surface area contributed by atoms with Crippen LogP contribution in [0.5, 0.6) is 0 Å². The number of carbonyl (C=O) groups excluding carboxylic acids is 4. The molecular weight excluding hydrogens is 1330 g/mol. The van der Waals surface area contributed by atoms with E-state index in [0.29, 0.717) is 32.1 Å². The lowest BCUT2D eigenvalue weighted by atomic mass is 10.0. The zero-order valence-corrected chi connectivity index (χ0v) is 67.3. The summed E-state index contributed by atoms with van der Waals surface area (Å²) in [7, 11) is -9.95. The quantitative estimate of drug-likeness (QED) is 0.0169. The SMILES string of the molecule is CCCCC/C=C\C/C=C\C/C=C\C/C=C\CCCC(=O)OC[C@H](COP(=O)(O)OC[C@@H](O)COP(=O)(O)OC[C@@H](COC(=O)CCCCCCCCCCCCCCCCC)OC(=O)CCCCCCCCCCCCCCCCCCC)OC(=O)CCCCCCCCCCCCCCC.